The Balaban J connectivity index is 0.00000112. The minimum Gasteiger partial charge on any atom is -0.460 e. The van der Waals surface area contributed by atoms with Crippen molar-refractivity contribution in [2.24, 2.45) is 5.73 Å². The molecule has 0 saturated heterocycles. The topological polar surface area (TPSA) is 52.3 Å². The zero-order valence-electron chi connectivity index (χ0n) is 7.90. The number of carbonyl (C=O) groups excluding carboxylic acids is 1. The molecule has 2 N–H and O–H groups in total. The Morgan fingerprint density at radius 2 is 2.27 bits per heavy atom. The number of halogens is 2. The van der Waals surface area contributed by atoms with E-state index < -0.39 is 12.3 Å². The van der Waals surface area contributed by atoms with E-state index in [4.69, 9.17) is 10.5 Å². The van der Waals surface area contributed by atoms with E-state index in [9.17, 15) is 9.18 Å². The predicted octanol–water partition coefficient (Wildman–Crippen LogP) is 1.83. The molecule has 82 valence electrons. The van der Waals surface area contributed by atoms with Crippen LogP contribution in [0.1, 0.15) is 22.3 Å². The van der Waals surface area contributed by atoms with Crippen LogP contribution in [0.25, 0.3) is 0 Å². The van der Waals surface area contributed by atoms with Crippen molar-refractivity contribution in [3.8, 4) is 5.75 Å². The van der Waals surface area contributed by atoms with Gasteiger partial charge in [-0.3, -0.25) is 4.79 Å². The first-order chi connectivity index (χ1) is 6.68. The lowest BCUT2D eigenvalue weighted by Crippen LogP contribution is -2.21. The van der Waals surface area contributed by atoms with Crippen molar-refractivity contribution in [3.63, 3.8) is 0 Å². The van der Waals surface area contributed by atoms with Gasteiger partial charge in [0, 0.05) is 17.5 Å². The average molecular weight is 232 g/mol. The molecule has 1 unspecified atom stereocenters. The van der Waals surface area contributed by atoms with Gasteiger partial charge in [0.15, 0.2) is 0 Å². The van der Waals surface area contributed by atoms with Gasteiger partial charge >= 0.3 is 0 Å². The van der Waals surface area contributed by atoms with E-state index in [0.29, 0.717) is 23.3 Å². The molecule has 0 aromatic heterocycles. The van der Waals surface area contributed by atoms with Crippen molar-refractivity contribution >= 4 is 18.3 Å². The Hall–Kier alpha value is -1.29. The molecule has 1 aromatic carbocycles. The van der Waals surface area contributed by atoms with E-state index in [1.54, 1.807) is 18.2 Å². The largest absolute Gasteiger partial charge is 0.460 e. The fourth-order valence-electron chi connectivity index (χ4n) is 1.62. The molecule has 0 bridgehead atoms. The number of ether oxygens (including phenoxy) is 1. The van der Waals surface area contributed by atoms with Gasteiger partial charge in [0.05, 0.1) is 0 Å². The lowest BCUT2D eigenvalue weighted by Gasteiger charge is -2.21. The molecule has 1 amide bonds. The SMILES string of the molecule is Cl.NC(=O)c1cccc2c1CCC(F)O2. The number of primary amides is 1. The fourth-order valence-corrected chi connectivity index (χ4v) is 1.62. The fraction of sp³-hybridized carbons (Fsp3) is 0.300. The monoisotopic (exact) mass is 231 g/mol. The quantitative estimate of drug-likeness (QED) is 0.802. The summed E-state index contributed by atoms with van der Waals surface area (Å²) < 4.78 is 17.8. The highest BCUT2D eigenvalue weighted by Gasteiger charge is 2.22. The van der Waals surface area contributed by atoms with Gasteiger partial charge in [0.2, 0.25) is 12.3 Å². The van der Waals surface area contributed by atoms with E-state index in [0.717, 1.165) is 0 Å². The Kier molecular flexibility index (Phi) is 3.52. The van der Waals surface area contributed by atoms with Crippen molar-refractivity contribution in [2.45, 2.75) is 19.2 Å². The highest BCUT2D eigenvalue weighted by Crippen LogP contribution is 2.30. The minimum absolute atomic E-state index is 0. The van der Waals surface area contributed by atoms with Crippen LogP contribution in [0.5, 0.6) is 5.75 Å². The number of hydrogen-bond donors (Lipinski definition) is 1. The van der Waals surface area contributed by atoms with Crippen molar-refractivity contribution in [1.29, 1.82) is 0 Å². The van der Waals surface area contributed by atoms with Crippen LogP contribution in [0.3, 0.4) is 0 Å². The predicted molar refractivity (Wildman–Crippen MR) is 56.1 cm³/mol. The van der Waals surface area contributed by atoms with Crippen molar-refractivity contribution in [2.75, 3.05) is 0 Å². The second kappa shape index (κ2) is 4.49. The summed E-state index contributed by atoms with van der Waals surface area (Å²) in [6.45, 7) is 0. The van der Waals surface area contributed by atoms with Gasteiger partial charge in [-0.2, -0.15) is 0 Å². The third-order valence-electron chi connectivity index (χ3n) is 2.27. The summed E-state index contributed by atoms with van der Waals surface area (Å²) in [6.07, 6.45) is -0.502. The molecule has 1 atom stereocenters. The summed E-state index contributed by atoms with van der Waals surface area (Å²) in [5.74, 6) is -0.0668. The molecule has 3 nitrogen and oxygen atoms in total. The Morgan fingerprint density at radius 3 is 2.93 bits per heavy atom. The summed E-state index contributed by atoms with van der Waals surface area (Å²) in [5, 5.41) is 0. The van der Waals surface area contributed by atoms with Crippen LogP contribution in [0.2, 0.25) is 0 Å². The van der Waals surface area contributed by atoms with Crippen LogP contribution in [-0.4, -0.2) is 12.3 Å². The zero-order valence-corrected chi connectivity index (χ0v) is 8.72. The van der Waals surface area contributed by atoms with Crippen LogP contribution in [0, 0.1) is 0 Å². The van der Waals surface area contributed by atoms with Crippen molar-refractivity contribution < 1.29 is 13.9 Å². The second-order valence-corrected chi connectivity index (χ2v) is 3.21. The Bertz CT molecular complexity index is 384. The van der Waals surface area contributed by atoms with Gasteiger partial charge in [-0.25, -0.2) is 4.39 Å². The molecular weight excluding hydrogens is 221 g/mol. The summed E-state index contributed by atoms with van der Waals surface area (Å²) >= 11 is 0. The number of amides is 1. The maximum Gasteiger partial charge on any atom is 0.249 e. The van der Waals surface area contributed by atoms with Gasteiger partial charge in [-0.1, -0.05) is 6.07 Å². The summed E-state index contributed by atoms with van der Waals surface area (Å²) in [7, 11) is 0. The first-order valence-corrected chi connectivity index (χ1v) is 4.41. The third-order valence-corrected chi connectivity index (χ3v) is 2.27. The third kappa shape index (κ3) is 2.21. The number of nitrogens with two attached hydrogens (primary N) is 1. The maximum absolute atomic E-state index is 12.9. The highest BCUT2D eigenvalue weighted by atomic mass is 35.5. The van der Waals surface area contributed by atoms with E-state index in [1.807, 2.05) is 0 Å². The molecule has 1 aromatic rings. The summed E-state index contributed by atoms with van der Waals surface area (Å²) in [4.78, 5) is 11.0. The molecule has 2 rings (SSSR count). The first kappa shape index (κ1) is 11.8. The minimum atomic E-state index is -1.27. The van der Waals surface area contributed by atoms with Crippen LogP contribution in [0.15, 0.2) is 18.2 Å². The smallest absolute Gasteiger partial charge is 0.249 e. The molecule has 0 fully saturated rings. The molecule has 0 saturated carbocycles. The summed E-state index contributed by atoms with van der Waals surface area (Å²) in [5.41, 5.74) is 6.33. The molecular formula is C10H11ClFNO2. The van der Waals surface area contributed by atoms with Crippen LogP contribution < -0.4 is 10.5 Å². The molecule has 0 spiro atoms. The van der Waals surface area contributed by atoms with Gasteiger partial charge < -0.3 is 10.5 Å². The van der Waals surface area contributed by atoms with Crippen LogP contribution >= 0.6 is 12.4 Å². The van der Waals surface area contributed by atoms with Crippen molar-refractivity contribution in [1.82, 2.24) is 0 Å². The molecule has 0 radical (unpaired) electrons. The van der Waals surface area contributed by atoms with E-state index in [2.05, 4.69) is 0 Å². The molecule has 1 aliphatic heterocycles. The van der Waals surface area contributed by atoms with Crippen LogP contribution in [-0.2, 0) is 6.42 Å². The van der Waals surface area contributed by atoms with Gasteiger partial charge in [0.1, 0.15) is 5.75 Å². The number of hydrogen-bond acceptors (Lipinski definition) is 2. The number of carbonyl (C=O) groups is 1. The zero-order chi connectivity index (χ0) is 10.1. The van der Waals surface area contributed by atoms with E-state index >= 15 is 0 Å². The Labute approximate surface area is 92.8 Å². The first-order valence-electron chi connectivity index (χ1n) is 4.41. The number of fused-ring (bicyclic) bond motifs is 1. The van der Waals surface area contributed by atoms with Gasteiger partial charge in [-0.05, 0) is 18.6 Å². The van der Waals surface area contributed by atoms with E-state index in [-0.39, 0.29) is 18.8 Å². The molecule has 1 aliphatic rings. The molecule has 15 heavy (non-hydrogen) atoms. The second-order valence-electron chi connectivity index (χ2n) is 3.21. The van der Waals surface area contributed by atoms with Gasteiger partial charge in [-0.15, -0.1) is 12.4 Å². The average Bonchev–Trinajstić information content (AvgIpc) is 2.16. The number of benzene rings is 1. The normalized spacial score (nSPS) is 18.3. The highest BCUT2D eigenvalue weighted by molar-refractivity contribution is 5.95. The van der Waals surface area contributed by atoms with Crippen molar-refractivity contribution in [3.05, 3.63) is 29.3 Å². The molecule has 1 heterocycles. The molecule has 0 aliphatic carbocycles. The number of rotatable bonds is 1. The van der Waals surface area contributed by atoms with Crippen LogP contribution in [0.4, 0.5) is 4.39 Å². The standard InChI is InChI=1S/C10H10FNO2.ClH/c11-9-5-4-6-7(10(12)13)2-1-3-8(6)14-9;/h1-3,9H,4-5H2,(H2,12,13);1H. The lowest BCUT2D eigenvalue weighted by molar-refractivity contribution is 0.0473. The molecule has 5 heteroatoms. The summed E-state index contributed by atoms with van der Waals surface area (Å²) in [6, 6.07) is 4.91. The van der Waals surface area contributed by atoms with E-state index in [1.165, 1.54) is 0 Å². The van der Waals surface area contributed by atoms with Gasteiger partial charge in [0.25, 0.3) is 0 Å². The Morgan fingerprint density at radius 1 is 1.53 bits per heavy atom. The maximum atomic E-state index is 12.9. The lowest BCUT2D eigenvalue weighted by atomic mass is 9.99. The number of alkyl halides is 1.